The van der Waals surface area contributed by atoms with Gasteiger partial charge in [0.2, 0.25) is 5.91 Å². The van der Waals surface area contributed by atoms with Crippen molar-refractivity contribution in [3.8, 4) is 0 Å². The van der Waals surface area contributed by atoms with Gasteiger partial charge in [0, 0.05) is 12.8 Å². The van der Waals surface area contributed by atoms with E-state index < -0.39 is 20.0 Å². The van der Waals surface area contributed by atoms with Crippen molar-refractivity contribution < 1.29 is 37.3 Å². The van der Waals surface area contributed by atoms with Crippen LogP contribution in [0.1, 0.15) is 380 Å². The molecule has 0 spiro atoms. The molecule has 0 saturated heterocycles. The standard InChI is InChI=1S/C71H141N2O7P/c1-7-10-13-16-19-22-25-27-29-31-32-33-34-35-36-37-38-39-40-42-44-46-49-52-55-58-61-64-71(75)80-69(62-59-56-53-50-47-24-21-18-15-12-9-3)68(67-79-81(76,77)78-66-65-73(4,5)6)72-70(74)63-60-57-54-51-48-45-43-41-30-28-26-23-20-17-14-11-8-2/h59,62,68-69H,7-58,60-61,63-67H2,1-6H3,(H-,72,74,76,77)/b62-59-. The summed E-state index contributed by atoms with van der Waals surface area (Å²) in [5.41, 5.74) is 0. The number of unbranched alkanes of at least 4 members (excludes halogenated alkanes) is 51. The number of phosphoric acid groups is 1. The Hall–Kier alpha value is -1.25. The molecule has 0 saturated carbocycles. The third kappa shape index (κ3) is 63.1. The molecular formula is C71H141N2O7P. The second-order valence-electron chi connectivity index (χ2n) is 26.1. The van der Waals surface area contributed by atoms with E-state index in [-0.39, 0.29) is 31.5 Å². The van der Waals surface area contributed by atoms with Crippen LogP contribution in [0.4, 0.5) is 0 Å². The maximum absolute atomic E-state index is 13.6. The van der Waals surface area contributed by atoms with Gasteiger partial charge in [0.05, 0.1) is 33.8 Å². The van der Waals surface area contributed by atoms with E-state index in [1.54, 1.807) is 0 Å². The molecule has 0 aromatic heterocycles. The van der Waals surface area contributed by atoms with E-state index in [9.17, 15) is 19.0 Å². The van der Waals surface area contributed by atoms with Gasteiger partial charge in [0.1, 0.15) is 19.3 Å². The number of ether oxygens (including phenoxy) is 1. The Bertz CT molecular complexity index is 1390. The Morgan fingerprint density at radius 2 is 0.704 bits per heavy atom. The van der Waals surface area contributed by atoms with Gasteiger partial charge in [0.25, 0.3) is 7.82 Å². The van der Waals surface area contributed by atoms with Gasteiger partial charge in [-0.25, -0.2) is 0 Å². The van der Waals surface area contributed by atoms with Gasteiger partial charge in [-0.05, 0) is 31.8 Å². The fraction of sp³-hybridized carbons (Fsp3) is 0.944. The van der Waals surface area contributed by atoms with Crippen molar-refractivity contribution in [2.75, 3.05) is 40.9 Å². The SMILES string of the molecule is CCCCCCCCCCC/C=C\C(OC(=O)CCCCCCCCCCCCCCCCCCCCCCCCCCCCC)C(COP(=O)([O-])OCC[N+](C)(C)C)NC(=O)CCCCCCCCCCCCCCCCCCC. The van der Waals surface area contributed by atoms with E-state index in [2.05, 4.69) is 26.1 Å². The zero-order valence-electron chi connectivity index (χ0n) is 55.3. The maximum Gasteiger partial charge on any atom is 0.306 e. The lowest BCUT2D eigenvalue weighted by atomic mass is 10.0. The Balaban J connectivity index is 4.90. The predicted octanol–water partition coefficient (Wildman–Crippen LogP) is 22.1. The number of allylic oxidation sites excluding steroid dienone is 1. The number of amides is 1. The van der Waals surface area contributed by atoms with Gasteiger partial charge < -0.3 is 28.5 Å². The molecule has 482 valence electrons. The van der Waals surface area contributed by atoms with Crippen LogP contribution in [0.15, 0.2) is 12.2 Å². The molecular weight excluding hydrogens is 1020 g/mol. The molecule has 81 heavy (non-hydrogen) atoms. The van der Waals surface area contributed by atoms with E-state index in [4.69, 9.17) is 13.8 Å². The Morgan fingerprint density at radius 1 is 0.420 bits per heavy atom. The third-order valence-corrected chi connectivity index (χ3v) is 17.7. The molecule has 0 aliphatic rings. The normalized spacial score (nSPS) is 13.5. The molecule has 0 aliphatic heterocycles. The first kappa shape index (κ1) is 79.8. The fourth-order valence-corrected chi connectivity index (χ4v) is 11.9. The summed E-state index contributed by atoms with van der Waals surface area (Å²) in [6, 6.07) is -0.880. The monoisotopic (exact) mass is 1170 g/mol. The summed E-state index contributed by atoms with van der Waals surface area (Å²) in [4.78, 5) is 40.1. The van der Waals surface area contributed by atoms with E-state index in [0.29, 0.717) is 17.4 Å². The van der Waals surface area contributed by atoms with Crippen LogP contribution in [-0.2, 0) is 27.9 Å². The summed E-state index contributed by atoms with van der Waals surface area (Å²) in [6.45, 7) is 6.92. The number of phosphoric ester groups is 1. The van der Waals surface area contributed by atoms with E-state index in [0.717, 1.165) is 57.8 Å². The fourth-order valence-electron chi connectivity index (χ4n) is 11.2. The molecule has 0 heterocycles. The van der Waals surface area contributed by atoms with Gasteiger partial charge in [-0.2, -0.15) is 0 Å². The Morgan fingerprint density at radius 3 is 1.01 bits per heavy atom. The van der Waals surface area contributed by atoms with Gasteiger partial charge in [-0.3, -0.25) is 14.2 Å². The highest BCUT2D eigenvalue weighted by Crippen LogP contribution is 2.38. The lowest BCUT2D eigenvalue weighted by Crippen LogP contribution is -2.47. The topological polar surface area (TPSA) is 114 Å². The summed E-state index contributed by atoms with van der Waals surface area (Å²) >= 11 is 0. The van der Waals surface area contributed by atoms with Crippen LogP contribution in [0.3, 0.4) is 0 Å². The van der Waals surface area contributed by atoms with Crippen LogP contribution >= 0.6 is 7.82 Å². The second kappa shape index (κ2) is 61.8. The van der Waals surface area contributed by atoms with Crippen molar-refractivity contribution in [2.24, 2.45) is 0 Å². The van der Waals surface area contributed by atoms with Crippen molar-refractivity contribution in [1.29, 1.82) is 0 Å². The molecule has 3 unspecified atom stereocenters. The molecule has 1 amide bonds. The van der Waals surface area contributed by atoms with Crippen molar-refractivity contribution in [3.05, 3.63) is 12.2 Å². The summed E-state index contributed by atoms with van der Waals surface area (Å²) in [7, 11) is 1.21. The molecule has 10 heteroatoms. The summed E-state index contributed by atoms with van der Waals surface area (Å²) < 4.78 is 30.4. The first-order chi connectivity index (χ1) is 39.4. The molecule has 3 atom stereocenters. The van der Waals surface area contributed by atoms with E-state index in [1.807, 2.05) is 33.3 Å². The molecule has 9 nitrogen and oxygen atoms in total. The number of quaternary nitrogens is 1. The second-order valence-corrected chi connectivity index (χ2v) is 27.5. The number of esters is 1. The number of nitrogens with zero attached hydrogens (tertiary/aromatic N) is 1. The van der Waals surface area contributed by atoms with Crippen LogP contribution in [0.5, 0.6) is 0 Å². The number of likely N-dealkylation sites (N-methyl/N-ethyl adjacent to an activating group) is 1. The summed E-state index contributed by atoms with van der Waals surface area (Å²) in [5, 5.41) is 3.05. The Labute approximate surface area is 505 Å². The molecule has 1 N–H and O–H groups in total. The minimum absolute atomic E-state index is 0.0165. The minimum atomic E-state index is -4.69. The minimum Gasteiger partial charge on any atom is -0.756 e. The quantitative estimate of drug-likeness (QED) is 0.0212. The van der Waals surface area contributed by atoms with Crippen LogP contribution in [-0.4, -0.2) is 69.4 Å². The molecule has 0 aliphatic carbocycles. The summed E-state index contributed by atoms with van der Waals surface area (Å²) in [5.74, 6) is -0.514. The van der Waals surface area contributed by atoms with Crippen LogP contribution in [0, 0.1) is 0 Å². The highest BCUT2D eigenvalue weighted by atomic mass is 31.2. The smallest absolute Gasteiger partial charge is 0.306 e. The van der Waals surface area contributed by atoms with Gasteiger partial charge in [-0.1, -0.05) is 348 Å². The lowest BCUT2D eigenvalue weighted by Gasteiger charge is -2.30. The first-order valence-corrected chi connectivity index (χ1v) is 37.5. The van der Waals surface area contributed by atoms with Crippen molar-refractivity contribution in [1.82, 2.24) is 5.32 Å². The Kier molecular flexibility index (Phi) is 60.9. The predicted molar refractivity (Wildman–Crippen MR) is 349 cm³/mol. The van der Waals surface area contributed by atoms with Gasteiger partial charge >= 0.3 is 5.97 Å². The molecule has 0 bridgehead atoms. The first-order valence-electron chi connectivity index (χ1n) is 36.0. The molecule has 0 aromatic rings. The highest BCUT2D eigenvalue weighted by Gasteiger charge is 2.27. The van der Waals surface area contributed by atoms with E-state index in [1.165, 1.54) is 289 Å². The number of hydrogen-bond acceptors (Lipinski definition) is 7. The molecule has 0 radical (unpaired) electrons. The van der Waals surface area contributed by atoms with Crippen molar-refractivity contribution >= 4 is 19.7 Å². The highest BCUT2D eigenvalue weighted by molar-refractivity contribution is 7.45. The largest absolute Gasteiger partial charge is 0.756 e. The van der Waals surface area contributed by atoms with Crippen LogP contribution in [0.25, 0.3) is 0 Å². The molecule has 0 aromatic carbocycles. The summed E-state index contributed by atoms with van der Waals surface area (Å²) in [6.07, 6.45) is 73.5. The number of carbonyl (C=O) groups excluding carboxylic acids is 2. The number of carbonyl (C=O) groups is 2. The third-order valence-electron chi connectivity index (χ3n) is 16.7. The number of hydrogen-bond donors (Lipinski definition) is 1. The maximum atomic E-state index is 13.6. The van der Waals surface area contributed by atoms with E-state index >= 15 is 0 Å². The average Bonchev–Trinajstić information content (AvgIpc) is 3.43. The van der Waals surface area contributed by atoms with Crippen LogP contribution in [0.2, 0.25) is 0 Å². The van der Waals surface area contributed by atoms with Gasteiger partial charge in [-0.15, -0.1) is 0 Å². The average molecular weight is 1170 g/mol. The zero-order chi connectivity index (χ0) is 59.3. The molecule has 0 fully saturated rings. The lowest BCUT2D eigenvalue weighted by molar-refractivity contribution is -0.870. The number of nitrogens with one attached hydrogen (secondary N) is 1. The van der Waals surface area contributed by atoms with Gasteiger partial charge in [0.15, 0.2) is 0 Å². The molecule has 0 rings (SSSR count). The number of rotatable bonds is 67. The zero-order valence-corrected chi connectivity index (χ0v) is 56.2. The van der Waals surface area contributed by atoms with Crippen molar-refractivity contribution in [3.63, 3.8) is 0 Å². The van der Waals surface area contributed by atoms with Crippen molar-refractivity contribution in [2.45, 2.75) is 392 Å². The van der Waals surface area contributed by atoms with Crippen LogP contribution < -0.4 is 10.2 Å².